The number of anilines is 1. The summed E-state index contributed by atoms with van der Waals surface area (Å²) >= 11 is 7.29. The van der Waals surface area contributed by atoms with Crippen LogP contribution in [0.2, 0.25) is 5.02 Å². The minimum absolute atomic E-state index is 0.201. The molecule has 0 saturated carbocycles. The Labute approximate surface area is 161 Å². The molecule has 3 aromatic rings. The second-order valence-electron chi connectivity index (χ2n) is 5.64. The van der Waals surface area contributed by atoms with Gasteiger partial charge in [-0.3, -0.25) is 4.79 Å². The summed E-state index contributed by atoms with van der Waals surface area (Å²) in [7, 11) is 0. The normalized spacial score (nSPS) is 11.6. The lowest BCUT2D eigenvalue weighted by molar-refractivity contribution is -0.137. The highest BCUT2D eigenvalue weighted by molar-refractivity contribution is 7.18. The van der Waals surface area contributed by atoms with Crippen LogP contribution in [0.3, 0.4) is 0 Å². The van der Waals surface area contributed by atoms with Gasteiger partial charge in [-0.05, 0) is 31.5 Å². The summed E-state index contributed by atoms with van der Waals surface area (Å²) in [5.41, 5.74) is -0.607. The van der Waals surface area contributed by atoms with Gasteiger partial charge in [0.15, 0.2) is 6.61 Å². The average Bonchev–Trinajstić information content (AvgIpc) is 2.89. The van der Waals surface area contributed by atoms with Crippen molar-refractivity contribution < 1.29 is 22.7 Å². The molecular weight excluding hydrogens is 403 g/mol. The highest BCUT2D eigenvalue weighted by atomic mass is 35.5. The first kappa shape index (κ1) is 19.4. The molecule has 1 amide bonds. The van der Waals surface area contributed by atoms with E-state index in [0.29, 0.717) is 10.2 Å². The van der Waals surface area contributed by atoms with Crippen molar-refractivity contribution in [3.05, 3.63) is 45.6 Å². The Morgan fingerprint density at radius 2 is 2.04 bits per heavy atom. The number of carbonyl (C=O) groups is 1. The largest absolute Gasteiger partial charge is 0.467 e. The Kier molecular flexibility index (Phi) is 5.25. The summed E-state index contributed by atoms with van der Waals surface area (Å²) in [6.45, 7) is 3.28. The molecule has 0 aliphatic heterocycles. The van der Waals surface area contributed by atoms with E-state index >= 15 is 0 Å². The number of aromatic nitrogens is 2. The number of alkyl halides is 3. The van der Waals surface area contributed by atoms with Crippen molar-refractivity contribution in [1.29, 1.82) is 0 Å². The number of thiophene rings is 1. The number of hydrogen-bond acceptors (Lipinski definition) is 5. The lowest BCUT2D eigenvalue weighted by Crippen LogP contribution is -2.23. The number of rotatable bonds is 4. The number of ether oxygens (including phenoxy) is 1. The van der Waals surface area contributed by atoms with Gasteiger partial charge < -0.3 is 10.1 Å². The summed E-state index contributed by atoms with van der Waals surface area (Å²) in [5.74, 6) is -0.586. The van der Waals surface area contributed by atoms with E-state index in [-0.39, 0.29) is 10.9 Å². The van der Waals surface area contributed by atoms with Crippen LogP contribution in [-0.2, 0) is 11.0 Å². The predicted octanol–water partition coefficient (Wildman–Crippen LogP) is 5.00. The first-order valence-corrected chi connectivity index (χ1v) is 8.87. The average molecular weight is 416 g/mol. The molecular formula is C17H13ClF3N3O2S. The van der Waals surface area contributed by atoms with Crippen LogP contribution in [0.1, 0.15) is 16.0 Å². The quantitative estimate of drug-likeness (QED) is 0.651. The predicted molar refractivity (Wildman–Crippen MR) is 97.5 cm³/mol. The van der Waals surface area contributed by atoms with Crippen LogP contribution in [0.15, 0.2) is 24.5 Å². The number of fused-ring (bicyclic) bond motifs is 1. The summed E-state index contributed by atoms with van der Waals surface area (Å²) < 4.78 is 44.7. The van der Waals surface area contributed by atoms with Gasteiger partial charge in [0.25, 0.3) is 5.91 Å². The number of carbonyl (C=O) groups excluding carboxylic acids is 1. The molecule has 5 nitrogen and oxygen atoms in total. The fourth-order valence-electron chi connectivity index (χ4n) is 2.46. The lowest BCUT2D eigenvalue weighted by atomic mass is 10.1. The molecule has 142 valence electrons. The Morgan fingerprint density at radius 1 is 1.30 bits per heavy atom. The van der Waals surface area contributed by atoms with E-state index in [1.807, 2.05) is 13.8 Å². The second kappa shape index (κ2) is 7.32. The third kappa shape index (κ3) is 3.98. The topological polar surface area (TPSA) is 64.1 Å². The van der Waals surface area contributed by atoms with E-state index in [1.54, 1.807) is 0 Å². The third-order valence-electron chi connectivity index (χ3n) is 3.85. The second-order valence-corrected chi connectivity index (χ2v) is 7.25. The van der Waals surface area contributed by atoms with Gasteiger partial charge >= 0.3 is 6.18 Å². The molecule has 0 radical (unpaired) electrons. The van der Waals surface area contributed by atoms with Gasteiger partial charge in [0.2, 0.25) is 5.88 Å². The molecule has 0 spiro atoms. The SMILES string of the molecule is Cc1sc2ncnc(OCC(=O)Nc3c(Cl)cccc3C(F)(F)F)c2c1C. The van der Waals surface area contributed by atoms with Crippen LogP contribution in [0.5, 0.6) is 5.88 Å². The maximum atomic E-state index is 13.1. The Bertz CT molecular complexity index is 1020. The highest BCUT2D eigenvalue weighted by Gasteiger charge is 2.34. The molecule has 0 fully saturated rings. The number of hydrogen-bond donors (Lipinski definition) is 1. The number of amides is 1. The van der Waals surface area contributed by atoms with Gasteiger partial charge in [0.1, 0.15) is 11.2 Å². The lowest BCUT2D eigenvalue weighted by Gasteiger charge is -2.15. The summed E-state index contributed by atoms with van der Waals surface area (Å²) in [6.07, 6.45) is -3.35. The third-order valence-corrected chi connectivity index (χ3v) is 5.28. The van der Waals surface area contributed by atoms with Crippen molar-refractivity contribution >= 4 is 44.7 Å². The van der Waals surface area contributed by atoms with Crippen LogP contribution in [0.4, 0.5) is 18.9 Å². The fourth-order valence-corrected chi connectivity index (χ4v) is 3.67. The van der Waals surface area contributed by atoms with E-state index in [1.165, 1.54) is 23.7 Å². The maximum Gasteiger partial charge on any atom is 0.418 e. The first-order chi connectivity index (χ1) is 12.7. The van der Waals surface area contributed by atoms with Gasteiger partial charge in [-0.25, -0.2) is 9.97 Å². The van der Waals surface area contributed by atoms with E-state index in [2.05, 4.69) is 15.3 Å². The molecule has 2 aromatic heterocycles. The van der Waals surface area contributed by atoms with Crippen LogP contribution >= 0.6 is 22.9 Å². The van der Waals surface area contributed by atoms with Crippen LogP contribution in [-0.4, -0.2) is 22.5 Å². The minimum atomic E-state index is -4.65. The van der Waals surface area contributed by atoms with Gasteiger partial charge in [-0.2, -0.15) is 13.2 Å². The molecule has 0 saturated heterocycles. The molecule has 0 bridgehead atoms. The van der Waals surface area contributed by atoms with Crippen LogP contribution in [0, 0.1) is 13.8 Å². The first-order valence-electron chi connectivity index (χ1n) is 7.67. The monoisotopic (exact) mass is 415 g/mol. The van der Waals surface area contributed by atoms with Crippen LogP contribution in [0.25, 0.3) is 10.2 Å². The number of benzene rings is 1. The van der Waals surface area contributed by atoms with E-state index in [9.17, 15) is 18.0 Å². The number of nitrogens with zero attached hydrogens (tertiary/aromatic N) is 2. The minimum Gasteiger partial charge on any atom is -0.467 e. The summed E-state index contributed by atoms with van der Waals surface area (Å²) in [6, 6.07) is 3.27. The molecule has 10 heteroatoms. The smallest absolute Gasteiger partial charge is 0.418 e. The van der Waals surface area contributed by atoms with Crippen molar-refractivity contribution in [2.45, 2.75) is 20.0 Å². The van der Waals surface area contributed by atoms with Crippen LogP contribution < -0.4 is 10.1 Å². The molecule has 1 aromatic carbocycles. The zero-order valence-electron chi connectivity index (χ0n) is 14.1. The van der Waals surface area contributed by atoms with Crippen molar-refractivity contribution in [3.63, 3.8) is 0 Å². The molecule has 3 rings (SSSR count). The fraction of sp³-hybridized carbons (Fsp3) is 0.235. The van der Waals surface area contributed by atoms with Gasteiger partial charge in [-0.15, -0.1) is 11.3 Å². The zero-order valence-corrected chi connectivity index (χ0v) is 15.7. The standard InChI is InChI=1S/C17H13ClF3N3O2S/c1-8-9(2)27-16-13(8)15(22-7-23-16)26-6-12(25)24-14-10(17(19,20)21)4-3-5-11(14)18/h3-5,7H,6H2,1-2H3,(H,24,25). The Morgan fingerprint density at radius 3 is 2.74 bits per heavy atom. The summed E-state index contributed by atoms with van der Waals surface area (Å²) in [5, 5.41) is 2.63. The molecule has 27 heavy (non-hydrogen) atoms. The van der Waals surface area contributed by atoms with E-state index in [0.717, 1.165) is 22.6 Å². The number of halogens is 4. The molecule has 2 heterocycles. The van der Waals surface area contributed by atoms with Gasteiger partial charge in [-0.1, -0.05) is 17.7 Å². The summed E-state index contributed by atoms with van der Waals surface area (Å²) in [4.78, 5) is 22.1. The van der Waals surface area contributed by atoms with Crippen molar-refractivity contribution in [3.8, 4) is 5.88 Å². The zero-order chi connectivity index (χ0) is 19.8. The molecule has 0 aliphatic carbocycles. The van der Waals surface area contributed by atoms with E-state index in [4.69, 9.17) is 16.3 Å². The van der Waals surface area contributed by atoms with Crippen molar-refractivity contribution in [2.24, 2.45) is 0 Å². The Balaban J connectivity index is 1.79. The molecule has 0 atom stereocenters. The maximum absolute atomic E-state index is 13.1. The molecule has 0 aliphatic rings. The van der Waals surface area contributed by atoms with Crippen molar-refractivity contribution in [2.75, 3.05) is 11.9 Å². The number of nitrogens with one attached hydrogen (secondary N) is 1. The molecule has 1 N–H and O–H groups in total. The van der Waals surface area contributed by atoms with Crippen molar-refractivity contribution in [1.82, 2.24) is 9.97 Å². The molecule has 0 unspecified atom stereocenters. The highest BCUT2D eigenvalue weighted by Crippen LogP contribution is 2.38. The number of para-hydroxylation sites is 1. The van der Waals surface area contributed by atoms with Gasteiger partial charge in [0, 0.05) is 4.88 Å². The van der Waals surface area contributed by atoms with E-state index < -0.39 is 29.9 Å². The Hall–Kier alpha value is -2.39. The number of aryl methyl sites for hydroxylation is 2. The van der Waals surface area contributed by atoms with Gasteiger partial charge in [0.05, 0.1) is 21.7 Å².